The van der Waals surface area contributed by atoms with Gasteiger partial charge in [0.2, 0.25) is 0 Å². The van der Waals surface area contributed by atoms with E-state index < -0.39 is 5.54 Å². The van der Waals surface area contributed by atoms with Crippen LogP contribution in [0.25, 0.3) is 0 Å². The summed E-state index contributed by atoms with van der Waals surface area (Å²) in [6, 6.07) is 2.37. The van der Waals surface area contributed by atoms with Gasteiger partial charge < -0.3 is 0 Å². The Morgan fingerprint density at radius 1 is 1.56 bits per heavy atom. The quantitative estimate of drug-likeness (QED) is 0.767. The lowest BCUT2D eigenvalue weighted by molar-refractivity contribution is 0.418. The minimum atomic E-state index is -0.468. The molecule has 0 aliphatic rings. The van der Waals surface area contributed by atoms with Gasteiger partial charge in [0.25, 0.3) is 0 Å². The Morgan fingerprint density at radius 3 is 2.89 bits per heavy atom. The molecule has 5 heteroatoms. The summed E-state index contributed by atoms with van der Waals surface area (Å²) >= 11 is 1.65. The van der Waals surface area contributed by atoms with E-state index in [1.807, 2.05) is 6.92 Å². The molecule has 1 rings (SSSR count). The maximum atomic E-state index is 9.28. The summed E-state index contributed by atoms with van der Waals surface area (Å²) in [5.41, 5.74) is -0.468. The van der Waals surface area contributed by atoms with Crippen LogP contribution in [0.3, 0.4) is 0 Å². The van der Waals surface area contributed by atoms with Crippen molar-refractivity contribution in [1.29, 1.82) is 5.26 Å². The average Bonchev–Trinajstić information content (AvgIpc) is 2.37. The van der Waals surface area contributed by atoms with Crippen LogP contribution in [0.5, 0.6) is 0 Å². The van der Waals surface area contributed by atoms with E-state index >= 15 is 0 Å². The van der Waals surface area contributed by atoms with Crippen LogP contribution >= 0.6 is 11.8 Å². The molecular weight excluding hydrogens is 244 g/mol. The predicted octanol–water partition coefficient (Wildman–Crippen LogP) is 2.63. The molecule has 0 spiro atoms. The van der Waals surface area contributed by atoms with E-state index in [2.05, 4.69) is 35.2 Å². The first-order chi connectivity index (χ1) is 8.59. The molecule has 2 unspecified atom stereocenters. The van der Waals surface area contributed by atoms with Gasteiger partial charge in [0, 0.05) is 17.6 Å². The molecule has 1 aromatic heterocycles. The fraction of sp³-hybridized carbons (Fsp3) is 0.615. The summed E-state index contributed by atoms with van der Waals surface area (Å²) in [6.07, 6.45) is 6.92. The molecule has 1 aromatic rings. The van der Waals surface area contributed by atoms with Crippen LogP contribution in [0.2, 0.25) is 0 Å². The van der Waals surface area contributed by atoms with Crippen LogP contribution in [0, 0.1) is 11.3 Å². The van der Waals surface area contributed by atoms with Gasteiger partial charge in [-0.25, -0.2) is 4.98 Å². The standard InChI is InChI=1S/C13H20N4S/c1-4-5-17-13(3,10-14)8-11(2)18-12-9-15-6-7-16-12/h6-7,9,11,17H,4-5,8H2,1-3H3. The molecule has 98 valence electrons. The lowest BCUT2D eigenvalue weighted by Crippen LogP contribution is -2.43. The molecule has 0 saturated heterocycles. The fourth-order valence-electron chi connectivity index (χ4n) is 1.73. The smallest absolute Gasteiger partial charge is 0.115 e. The highest BCUT2D eigenvalue weighted by Crippen LogP contribution is 2.26. The van der Waals surface area contributed by atoms with Crippen molar-refractivity contribution in [1.82, 2.24) is 15.3 Å². The van der Waals surface area contributed by atoms with Crippen molar-refractivity contribution in [2.24, 2.45) is 0 Å². The van der Waals surface area contributed by atoms with Gasteiger partial charge in [-0.3, -0.25) is 10.3 Å². The number of aromatic nitrogens is 2. The second-order valence-electron chi connectivity index (χ2n) is 4.55. The van der Waals surface area contributed by atoms with Gasteiger partial charge in [0.15, 0.2) is 0 Å². The minimum Gasteiger partial charge on any atom is -0.300 e. The highest BCUT2D eigenvalue weighted by Gasteiger charge is 2.26. The molecule has 0 aliphatic carbocycles. The number of hydrogen-bond donors (Lipinski definition) is 1. The Labute approximate surface area is 113 Å². The molecule has 0 radical (unpaired) electrons. The molecule has 18 heavy (non-hydrogen) atoms. The molecule has 4 nitrogen and oxygen atoms in total. The number of hydrogen-bond acceptors (Lipinski definition) is 5. The number of rotatable bonds is 7. The third-order valence-electron chi connectivity index (χ3n) is 2.57. The molecule has 0 saturated carbocycles. The lowest BCUT2D eigenvalue weighted by atomic mass is 9.98. The third-order valence-corrected chi connectivity index (χ3v) is 3.59. The molecular formula is C13H20N4S. The summed E-state index contributed by atoms with van der Waals surface area (Å²) < 4.78 is 0. The number of thioether (sulfide) groups is 1. The summed E-state index contributed by atoms with van der Waals surface area (Å²) in [7, 11) is 0. The van der Waals surface area contributed by atoms with Gasteiger partial charge in [0.05, 0.1) is 12.3 Å². The van der Waals surface area contributed by atoms with Crippen molar-refractivity contribution in [3.63, 3.8) is 0 Å². The topological polar surface area (TPSA) is 61.6 Å². The number of nitriles is 1. The maximum absolute atomic E-state index is 9.28. The SMILES string of the molecule is CCCNC(C)(C#N)CC(C)Sc1cnccn1. The monoisotopic (exact) mass is 264 g/mol. The Hall–Kier alpha value is -1.12. The maximum Gasteiger partial charge on any atom is 0.115 e. The fourth-order valence-corrected chi connectivity index (χ4v) is 2.80. The Bertz CT molecular complexity index is 390. The largest absolute Gasteiger partial charge is 0.300 e. The first-order valence-corrected chi connectivity index (χ1v) is 7.06. The molecule has 1 N–H and O–H groups in total. The zero-order valence-corrected chi connectivity index (χ0v) is 12.0. The molecule has 1 heterocycles. The van der Waals surface area contributed by atoms with Crippen LogP contribution in [0.4, 0.5) is 0 Å². The van der Waals surface area contributed by atoms with Gasteiger partial charge in [-0.1, -0.05) is 13.8 Å². The van der Waals surface area contributed by atoms with Crippen LogP contribution in [-0.2, 0) is 0 Å². The van der Waals surface area contributed by atoms with Crippen molar-refractivity contribution >= 4 is 11.8 Å². The van der Waals surface area contributed by atoms with Gasteiger partial charge in [-0.15, -0.1) is 11.8 Å². The van der Waals surface area contributed by atoms with E-state index in [0.29, 0.717) is 5.25 Å². The van der Waals surface area contributed by atoms with Crippen LogP contribution < -0.4 is 5.32 Å². The summed E-state index contributed by atoms with van der Waals surface area (Å²) in [6.45, 7) is 7.04. The molecule has 0 aromatic carbocycles. The van der Waals surface area contributed by atoms with Gasteiger partial charge in [-0.2, -0.15) is 5.26 Å². The molecule has 0 fully saturated rings. The summed E-state index contributed by atoms with van der Waals surface area (Å²) in [5.74, 6) is 0. The normalized spacial score (nSPS) is 15.7. The molecule has 0 bridgehead atoms. The zero-order chi connectivity index (χ0) is 13.4. The summed E-state index contributed by atoms with van der Waals surface area (Å²) in [4.78, 5) is 8.27. The molecule has 2 atom stereocenters. The van der Waals surface area contributed by atoms with Crippen molar-refractivity contribution in [3.8, 4) is 6.07 Å². The highest BCUT2D eigenvalue weighted by atomic mass is 32.2. The van der Waals surface area contributed by atoms with E-state index in [-0.39, 0.29) is 0 Å². The number of nitrogens with one attached hydrogen (secondary N) is 1. The van der Waals surface area contributed by atoms with Crippen molar-refractivity contribution in [2.45, 2.75) is 49.4 Å². The van der Waals surface area contributed by atoms with Crippen molar-refractivity contribution in [3.05, 3.63) is 18.6 Å². The van der Waals surface area contributed by atoms with Gasteiger partial charge in [-0.05, 0) is 26.3 Å². The van der Waals surface area contributed by atoms with Crippen molar-refractivity contribution < 1.29 is 0 Å². The van der Waals surface area contributed by atoms with Crippen molar-refractivity contribution in [2.75, 3.05) is 6.54 Å². The summed E-state index contributed by atoms with van der Waals surface area (Å²) in [5, 5.41) is 13.8. The first kappa shape index (κ1) is 14.9. The van der Waals surface area contributed by atoms with Gasteiger partial charge in [0.1, 0.15) is 10.6 Å². The lowest BCUT2D eigenvalue weighted by Gasteiger charge is -2.26. The third kappa shape index (κ3) is 5.03. The predicted molar refractivity (Wildman–Crippen MR) is 74.3 cm³/mol. The van der Waals surface area contributed by atoms with E-state index in [4.69, 9.17) is 0 Å². The van der Waals surface area contributed by atoms with E-state index in [0.717, 1.165) is 24.4 Å². The van der Waals surface area contributed by atoms with E-state index in [9.17, 15) is 5.26 Å². The second kappa shape index (κ2) is 7.34. The Kier molecular flexibility index (Phi) is 6.10. The van der Waals surface area contributed by atoms with Crippen LogP contribution in [-0.4, -0.2) is 27.3 Å². The Balaban J connectivity index is 2.52. The van der Waals surface area contributed by atoms with Crippen LogP contribution in [0.15, 0.2) is 23.6 Å². The second-order valence-corrected chi connectivity index (χ2v) is 6.01. The zero-order valence-electron chi connectivity index (χ0n) is 11.2. The average molecular weight is 264 g/mol. The molecule has 0 aliphatic heterocycles. The van der Waals surface area contributed by atoms with E-state index in [1.54, 1.807) is 30.4 Å². The first-order valence-electron chi connectivity index (χ1n) is 6.18. The Morgan fingerprint density at radius 2 is 2.33 bits per heavy atom. The van der Waals surface area contributed by atoms with Gasteiger partial charge >= 0.3 is 0 Å². The highest BCUT2D eigenvalue weighted by molar-refractivity contribution is 7.99. The van der Waals surface area contributed by atoms with E-state index in [1.165, 1.54) is 0 Å². The minimum absolute atomic E-state index is 0.315. The number of nitrogens with zero attached hydrogens (tertiary/aromatic N) is 3. The van der Waals surface area contributed by atoms with Crippen LogP contribution in [0.1, 0.15) is 33.6 Å². The molecule has 0 amide bonds.